The Morgan fingerprint density at radius 1 is 1.06 bits per heavy atom. The van der Waals surface area contributed by atoms with Gasteiger partial charge in [-0.15, -0.1) is 0 Å². The number of nitrogens with two attached hydrogens (primary N) is 1. The Bertz CT molecular complexity index is 862. The van der Waals surface area contributed by atoms with E-state index >= 15 is 0 Å². The monoisotopic (exact) mass is 489 g/mol. The lowest BCUT2D eigenvalue weighted by molar-refractivity contribution is -0.137. The Kier molecular flexibility index (Phi) is 9.62. The van der Waals surface area contributed by atoms with E-state index in [0.29, 0.717) is 0 Å². The molecule has 1 aliphatic heterocycles. The fraction of sp³-hybridized carbons (Fsp3) is 0.583. The zero-order chi connectivity index (χ0) is 24.5. The van der Waals surface area contributed by atoms with E-state index in [4.69, 9.17) is 5.73 Å². The normalized spacial score (nSPS) is 21.5. The van der Waals surface area contributed by atoms with Gasteiger partial charge < -0.3 is 26.6 Å². The topological polar surface area (TPSA) is 134 Å². The molecule has 1 aromatic rings. The van der Waals surface area contributed by atoms with Gasteiger partial charge in [-0.05, 0) is 31.1 Å². The minimum atomic E-state index is -0.894. The van der Waals surface area contributed by atoms with Crippen molar-refractivity contribution in [2.24, 2.45) is 5.73 Å². The Hall–Kier alpha value is -2.75. The summed E-state index contributed by atoms with van der Waals surface area (Å²) in [7, 11) is 0. The van der Waals surface area contributed by atoms with Crippen molar-refractivity contribution < 1.29 is 19.2 Å². The SMILES string of the molecule is CSCC(=O)N1C[C@@H](NC(=O)NC2CCCCC2)C[C@H]1C(=O)N[C@H](Cc1ccccc1)C(N)=O. The number of benzene rings is 1. The number of hydrogen-bond acceptors (Lipinski definition) is 5. The number of likely N-dealkylation sites (tertiary alicyclic amines) is 1. The van der Waals surface area contributed by atoms with Gasteiger partial charge >= 0.3 is 6.03 Å². The summed E-state index contributed by atoms with van der Waals surface area (Å²) < 4.78 is 0. The molecule has 0 bridgehead atoms. The molecule has 2 fully saturated rings. The van der Waals surface area contributed by atoms with E-state index in [2.05, 4.69) is 16.0 Å². The molecule has 10 heteroatoms. The lowest BCUT2D eigenvalue weighted by Crippen LogP contribution is -2.53. The number of carbonyl (C=O) groups is 4. The van der Waals surface area contributed by atoms with Gasteiger partial charge in [0.2, 0.25) is 17.7 Å². The lowest BCUT2D eigenvalue weighted by Gasteiger charge is -2.25. The molecule has 1 aromatic carbocycles. The van der Waals surface area contributed by atoms with E-state index in [1.807, 2.05) is 36.6 Å². The maximum Gasteiger partial charge on any atom is 0.315 e. The van der Waals surface area contributed by atoms with Gasteiger partial charge in [-0.3, -0.25) is 14.4 Å². The third-order valence-corrected chi connectivity index (χ3v) is 6.95. The van der Waals surface area contributed by atoms with Crippen LogP contribution in [-0.2, 0) is 20.8 Å². The fourth-order valence-electron chi connectivity index (χ4n) is 4.67. The first-order valence-corrected chi connectivity index (χ1v) is 13.3. The maximum atomic E-state index is 13.2. The van der Waals surface area contributed by atoms with Gasteiger partial charge in [-0.2, -0.15) is 11.8 Å². The third kappa shape index (κ3) is 7.38. The van der Waals surface area contributed by atoms with Crippen LogP contribution in [0.5, 0.6) is 0 Å². The van der Waals surface area contributed by atoms with E-state index < -0.39 is 23.9 Å². The van der Waals surface area contributed by atoms with Gasteiger partial charge in [-0.25, -0.2) is 4.79 Å². The first-order valence-electron chi connectivity index (χ1n) is 11.9. The number of amides is 5. The summed E-state index contributed by atoms with van der Waals surface area (Å²) in [6, 6.07) is 7.15. The van der Waals surface area contributed by atoms with E-state index in [0.717, 1.165) is 31.2 Å². The Balaban J connectivity index is 1.63. The van der Waals surface area contributed by atoms with Crippen LogP contribution < -0.4 is 21.7 Å². The van der Waals surface area contributed by atoms with Crippen molar-refractivity contribution in [3.63, 3.8) is 0 Å². The number of thioether (sulfide) groups is 1. The first-order chi connectivity index (χ1) is 16.4. The third-order valence-electron chi connectivity index (χ3n) is 6.41. The molecule has 5 amide bonds. The highest BCUT2D eigenvalue weighted by atomic mass is 32.2. The molecule has 1 aliphatic carbocycles. The highest BCUT2D eigenvalue weighted by Gasteiger charge is 2.41. The molecular weight excluding hydrogens is 454 g/mol. The summed E-state index contributed by atoms with van der Waals surface area (Å²) in [5.41, 5.74) is 6.42. The number of primary amides is 1. The second-order valence-corrected chi connectivity index (χ2v) is 9.90. The molecule has 34 heavy (non-hydrogen) atoms. The summed E-state index contributed by atoms with van der Waals surface area (Å²) in [4.78, 5) is 51.9. The molecular formula is C24H35N5O4S. The van der Waals surface area contributed by atoms with Crippen LogP contribution in [0.25, 0.3) is 0 Å². The molecule has 3 atom stereocenters. The summed E-state index contributed by atoms with van der Waals surface area (Å²) in [5, 5.41) is 8.68. The second-order valence-electron chi connectivity index (χ2n) is 9.03. The van der Waals surface area contributed by atoms with Crippen LogP contribution in [0.15, 0.2) is 30.3 Å². The minimum absolute atomic E-state index is 0.165. The van der Waals surface area contributed by atoms with Crippen LogP contribution in [-0.4, -0.2) is 71.4 Å². The van der Waals surface area contributed by atoms with Crippen LogP contribution in [0.1, 0.15) is 44.1 Å². The highest BCUT2D eigenvalue weighted by molar-refractivity contribution is 7.99. The smallest absolute Gasteiger partial charge is 0.315 e. The quantitative estimate of drug-likeness (QED) is 0.413. The maximum absolute atomic E-state index is 13.2. The van der Waals surface area contributed by atoms with Gasteiger partial charge in [-0.1, -0.05) is 49.6 Å². The molecule has 2 aliphatic rings. The lowest BCUT2D eigenvalue weighted by atomic mass is 9.96. The number of carbonyl (C=O) groups excluding carboxylic acids is 4. The Labute approximate surface area is 205 Å². The predicted molar refractivity (Wildman–Crippen MR) is 132 cm³/mol. The summed E-state index contributed by atoms with van der Waals surface area (Å²) in [6.45, 7) is 0.246. The zero-order valence-corrected chi connectivity index (χ0v) is 20.4. The standard InChI is InChI=1S/C24H35N5O4S/c1-34-15-21(30)29-14-18(27-24(33)26-17-10-6-3-7-11-17)13-20(29)23(32)28-19(22(25)31)12-16-8-4-2-5-9-16/h2,4-5,8-9,17-20H,3,6-7,10-15H2,1H3,(H2,25,31)(H,28,32)(H2,26,27,33)/t18-,19+,20-/m0/s1. The van der Waals surface area contributed by atoms with Crippen molar-refractivity contribution in [3.8, 4) is 0 Å². The molecule has 5 N–H and O–H groups in total. The molecule has 9 nitrogen and oxygen atoms in total. The molecule has 1 saturated heterocycles. The van der Waals surface area contributed by atoms with Gasteiger partial charge in [0.1, 0.15) is 12.1 Å². The summed E-state index contributed by atoms with van der Waals surface area (Å²) in [5.74, 6) is -1.03. The Morgan fingerprint density at radius 2 is 1.74 bits per heavy atom. The molecule has 0 unspecified atom stereocenters. The van der Waals surface area contributed by atoms with Gasteiger partial charge in [0.25, 0.3) is 0 Å². The van der Waals surface area contributed by atoms with E-state index in [-0.39, 0.29) is 49.2 Å². The molecule has 1 saturated carbocycles. The van der Waals surface area contributed by atoms with Crippen molar-refractivity contribution in [2.75, 3.05) is 18.6 Å². The average molecular weight is 490 g/mol. The van der Waals surface area contributed by atoms with Crippen molar-refractivity contribution in [1.29, 1.82) is 0 Å². The van der Waals surface area contributed by atoms with Crippen LogP contribution >= 0.6 is 11.8 Å². The van der Waals surface area contributed by atoms with E-state index in [1.54, 1.807) is 0 Å². The molecule has 0 spiro atoms. The van der Waals surface area contributed by atoms with Gasteiger partial charge in [0.15, 0.2) is 0 Å². The number of rotatable bonds is 9. The summed E-state index contributed by atoms with van der Waals surface area (Å²) >= 11 is 1.37. The van der Waals surface area contributed by atoms with E-state index in [9.17, 15) is 19.2 Å². The molecule has 1 heterocycles. The Morgan fingerprint density at radius 3 is 2.38 bits per heavy atom. The van der Waals surface area contributed by atoms with Crippen molar-refractivity contribution in [3.05, 3.63) is 35.9 Å². The molecule has 186 valence electrons. The van der Waals surface area contributed by atoms with Crippen molar-refractivity contribution in [1.82, 2.24) is 20.9 Å². The zero-order valence-electron chi connectivity index (χ0n) is 19.6. The number of urea groups is 1. The minimum Gasteiger partial charge on any atom is -0.368 e. The fourth-order valence-corrected chi connectivity index (χ4v) is 5.08. The van der Waals surface area contributed by atoms with Gasteiger partial charge in [0.05, 0.1) is 11.8 Å². The van der Waals surface area contributed by atoms with E-state index in [1.165, 1.54) is 23.1 Å². The number of nitrogens with zero attached hydrogens (tertiary/aromatic N) is 1. The van der Waals surface area contributed by atoms with Crippen LogP contribution in [0, 0.1) is 0 Å². The highest BCUT2D eigenvalue weighted by Crippen LogP contribution is 2.21. The number of hydrogen-bond donors (Lipinski definition) is 4. The van der Waals surface area contributed by atoms with Gasteiger partial charge in [0, 0.05) is 19.0 Å². The second kappa shape index (κ2) is 12.6. The van der Waals surface area contributed by atoms with Crippen molar-refractivity contribution in [2.45, 2.75) is 69.1 Å². The number of nitrogens with one attached hydrogen (secondary N) is 3. The van der Waals surface area contributed by atoms with Crippen LogP contribution in [0.2, 0.25) is 0 Å². The predicted octanol–water partition coefficient (Wildman–Crippen LogP) is 1.16. The largest absolute Gasteiger partial charge is 0.368 e. The first kappa shape index (κ1) is 25.9. The van der Waals surface area contributed by atoms with Crippen LogP contribution in [0.4, 0.5) is 4.79 Å². The average Bonchev–Trinajstić information content (AvgIpc) is 3.24. The molecule has 0 aromatic heterocycles. The molecule has 3 rings (SSSR count). The van der Waals surface area contributed by atoms with Crippen molar-refractivity contribution >= 4 is 35.5 Å². The molecule has 0 radical (unpaired) electrons. The van der Waals surface area contributed by atoms with Crippen LogP contribution in [0.3, 0.4) is 0 Å². The summed E-state index contributed by atoms with van der Waals surface area (Å²) in [6.07, 6.45) is 7.71.